The third-order valence-corrected chi connectivity index (χ3v) is 3.73. The van der Waals surface area contributed by atoms with Crippen molar-refractivity contribution >= 4 is 23.6 Å². The number of carbonyl (C=O) groups is 3. The third-order valence-electron chi connectivity index (χ3n) is 3.73. The number of nitrogens with two attached hydrogens (primary N) is 1. The van der Waals surface area contributed by atoms with Crippen LogP contribution in [0.4, 0.5) is 10.5 Å². The molecule has 0 radical (unpaired) electrons. The summed E-state index contributed by atoms with van der Waals surface area (Å²) in [6, 6.07) is 6.41. The molecule has 0 aliphatic carbocycles. The minimum Gasteiger partial charge on any atom is -0.439 e. The summed E-state index contributed by atoms with van der Waals surface area (Å²) < 4.78 is 5.31. The normalized spacial score (nSPS) is 25.7. The fourth-order valence-corrected chi connectivity index (χ4v) is 2.60. The van der Waals surface area contributed by atoms with Gasteiger partial charge in [0.25, 0.3) is 0 Å². The fourth-order valence-electron chi connectivity index (χ4n) is 2.60. The first-order chi connectivity index (χ1) is 10.0. The summed E-state index contributed by atoms with van der Waals surface area (Å²) in [5.41, 5.74) is 7.08. The number of nitrogens with one attached hydrogen (secondary N) is 1. The molecule has 0 spiro atoms. The molecule has 2 saturated heterocycles. The van der Waals surface area contributed by atoms with E-state index in [1.165, 1.54) is 4.90 Å². The monoisotopic (exact) mass is 289 g/mol. The van der Waals surface area contributed by atoms with Crippen molar-refractivity contribution < 1.29 is 19.1 Å². The van der Waals surface area contributed by atoms with Gasteiger partial charge in [-0.15, -0.1) is 0 Å². The van der Waals surface area contributed by atoms with Gasteiger partial charge in [-0.05, 0) is 24.1 Å². The van der Waals surface area contributed by atoms with E-state index in [0.717, 1.165) is 5.56 Å². The van der Waals surface area contributed by atoms with Crippen molar-refractivity contribution in [1.82, 2.24) is 10.2 Å². The highest BCUT2D eigenvalue weighted by atomic mass is 16.6. The first-order valence-corrected chi connectivity index (χ1v) is 6.71. The lowest BCUT2D eigenvalue weighted by molar-refractivity contribution is -0.136. The number of anilines is 1. The number of hydrogen-bond donors (Lipinski definition) is 2. The maximum atomic E-state index is 12.0. The number of nitrogen functional groups attached to an aromatic ring is 1. The second-order valence-corrected chi connectivity index (χ2v) is 5.16. The molecule has 1 unspecified atom stereocenters. The Hall–Kier alpha value is -2.57. The van der Waals surface area contributed by atoms with E-state index in [0.29, 0.717) is 12.1 Å². The van der Waals surface area contributed by atoms with Gasteiger partial charge in [0, 0.05) is 12.1 Å². The highest BCUT2D eigenvalue weighted by Crippen LogP contribution is 2.29. The number of cyclic esters (lactones) is 1. The van der Waals surface area contributed by atoms with E-state index >= 15 is 0 Å². The molecule has 3 N–H and O–H groups in total. The summed E-state index contributed by atoms with van der Waals surface area (Å²) in [5, 5.41) is 2.25. The summed E-state index contributed by atoms with van der Waals surface area (Å²) in [6.07, 6.45) is -0.407. The molecule has 7 heteroatoms. The van der Waals surface area contributed by atoms with E-state index in [1.54, 1.807) is 24.3 Å². The molecule has 0 aromatic heterocycles. The first-order valence-electron chi connectivity index (χ1n) is 6.71. The van der Waals surface area contributed by atoms with Crippen molar-refractivity contribution in [1.29, 1.82) is 0 Å². The standard InChI is InChI=1S/C14H15N3O4/c15-9-3-1-8(2-4-9)11-7-17(14(20)21-11)10-5-6-12(18)16-13(10)19/h1-4,10-11H,5-7,15H2,(H,16,18,19)/t10?,11-/m1/s1. The Bertz CT molecular complexity index is 599. The van der Waals surface area contributed by atoms with E-state index in [-0.39, 0.29) is 18.9 Å². The SMILES string of the molecule is Nc1ccc([C@H]2CN(C3CCC(=O)NC3=O)C(=O)O2)cc1. The molecule has 1 aromatic rings. The average Bonchev–Trinajstić information content (AvgIpc) is 2.81. The second-order valence-electron chi connectivity index (χ2n) is 5.16. The zero-order chi connectivity index (χ0) is 15.0. The minimum atomic E-state index is -0.644. The van der Waals surface area contributed by atoms with Gasteiger partial charge >= 0.3 is 6.09 Å². The molecule has 1 aromatic carbocycles. The lowest BCUT2D eigenvalue weighted by atomic mass is 10.0. The van der Waals surface area contributed by atoms with Crippen molar-refractivity contribution in [3.8, 4) is 0 Å². The molecule has 2 atom stereocenters. The summed E-state index contributed by atoms with van der Waals surface area (Å²) in [7, 11) is 0. The van der Waals surface area contributed by atoms with E-state index in [9.17, 15) is 14.4 Å². The summed E-state index contributed by atoms with van der Waals surface area (Å²) >= 11 is 0. The van der Waals surface area contributed by atoms with Gasteiger partial charge in [0.15, 0.2) is 0 Å². The summed E-state index contributed by atoms with van der Waals surface area (Å²) in [4.78, 5) is 36.3. The number of amides is 3. The van der Waals surface area contributed by atoms with Crippen LogP contribution in [0.5, 0.6) is 0 Å². The Balaban J connectivity index is 1.74. The fraction of sp³-hybridized carbons (Fsp3) is 0.357. The number of rotatable bonds is 2. The van der Waals surface area contributed by atoms with Crippen LogP contribution in [0.1, 0.15) is 24.5 Å². The first kappa shape index (κ1) is 13.4. The Morgan fingerprint density at radius 1 is 1.19 bits per heavy atom. The van der Waals surface area contributed by atoms with Crippen molar-refractivity contribution in [2.45, 2.75) is 25.0 Å². The molecule has 0 saturated carbocycles. The molecule has 7 nitrogen and oxygen atoms in total. The number of hydrogen-bond acceptors (Lipinski definition) is 5. The van der Waals surface area contributed by atoms with Crippen LogP contribution in [-0.4, -0.2) is 35.4 Å². The Morgan fingerprint density at radius 2 is 1.90 bits per heavy atom. The Labute approximate surface area is 121 Å². The topological polar surface area (TPSA) is 102 Å². The molecule has 110 valence electrons. The number of ether oxygens (including phenoxy) is 1. The van der Waals surface area contributed by atoms with Crippen LogP contribution in [0.15, 0.2) is 24.3 Å². The van der Waals surface area contributed by atoms with Gasteiger partial charge in [-0.25, -0.2) is 4.79 Å². The molecule has 0 bridgehead atoms. The van der Waals surface area contributed by atoms with E-state index < -0.39 is 24.1 Å². The maximum absolute atomic E-state index is 12.0. The Kier molecular flexibility index (Phi) is 3.25. The van der Waals surface area contributed by atoms with Gasteiger partial charge in [0.1, 0.15) is 12.1 Å². The highest BCUT2D eigenvalue weighted by molar-refractivity contribution is 6.01. The van der Waals surface area contributed by atoms with E-state index in [4.69, 9.17) is 10.5 Å². The predicted molar refractivity (Wildman–Crippen MR) is 73.0 cm³/mol. The largest absolute Gasteiger partial charge is 0.439 e. The van der Waals surface area contributed by atoms with Crippen LogP contribution in [0.3, 0.4) is 0 Å². The maximum Gasteiger partial charge on any atom is 0.411 e. The van der Waals surface area contributed by atoms with Crippen molar-refractivity contribution in [2.75, 3.05) is 12.3 Å². The average molecular weight is 289 g/mol. The summed E-state index contributed by atoms with van der Waals surface area (Å²) in [5.74, 6) is -0.750. The van der Waals surface area contributed by atoms with Crippen LogP contribution < -0.4 is 11.1 Å². The molecule has 3 amide bonds. The quantitative estimate of drug-likeness (QED) is 0.612. The highest BCUT2D eigenvalue weighted by Gasteiger charge is 2.41. The molecule has 2 heterocycles. The van der Waals surface area contributed by atoms with Crippen LogP contribution >= 0.6 is 0 Å². The van der Waals surface area contributed by atoms with Gasteiger partial charge in [0.2, 0.25) is 11.8 Å². The molecule has 2 aliphatic heterocycles. The van der Waals surface area contributed by atoms with Gasteiger partial charge in [0.05, 0.1) is 6.54 Å². The smallest absolute Gasteiger partial charge is 0.411 e. The Morgan fingerprint density at radius 3 is 2.57 bits per heavy atom. The van der Waals surface area contributed by atoms with Crippen LogP contribution in [0.2, 0.25) is 0 Å². The molecule has 3 rings (SSSR count). The van der Waals surface area contributed by atoms with Crippen molar-refractivity contribution in [3.05, 3.63) is 29.8 Å². The van der Waals surface area contributed by atoms with Crippen LogP contribution in [-0.2, 0) is 14.3 Å². The lowest BCUT2D eigenvalue weighted by Gasteiger charge is -2.27. The third kappa shape index (κ3) is 2.54. The zero-order valence-electron chi connectivity index (χ0n) is 11.2. The summed E-state index contributed by atoms with van der Waals surface area (Å²) in [6.45, 7) is 0.287. The number of imide groups is 1. The predicted octanol–water partition coefficient (Wildman–Crippen LogP) is 0.567. The molecule has 2 fully saturated rings. The second kappa shape index (κ2) is 5.08. The van der Waals surface area contributed by atoms with Crippen LogP contribution in [0.25, 0.3) is 0 Å². The lowest BCUT2D eigenvalue weighted by Crippen LogP contribution is -2.52. The number of benzene rings is 1. The van der Waals surface area contributed by atoms with Gasteiger partial charge < -0.3 is 10.5 Å². The molecular formula is C14H15N3O4. The molecule has 21 heavy (non-hydrogen) atoms. The van der Waals surface area contributed by atoms with Crippen LogP contribution in [0, 0.1) is 0 Å². The van der Waals surface area contributed by atoms with E-state index in [2.05, 4.69) is 5.32 Å². The van der Waals surface area contributed by atoms with Crippen molar-refractivity contribution in [3.63, 3.8) is 0 Å². The van der Waals surface area contributed by atoms with Crippen molar-refractivity contribution in [2.24, 2.45) is 0 Å². The molecule has 2 aliphatic rings. The van der Waals surface area contributed by atoms with Gasteiger partial charge in [-0.2, -0.15) is 0 Å². The minimum absolute atomic E-state index is 0.229. The van der Waals surface area contributed by atoms with Gasteiger partial charge in [-0.3, -0.25) is 19.8 Å². The number of nitrogens with zero attached hydrogens (tertiary/aromatic N) is 1. The van der Waals surface area contributed by atoms with Gasteiger partial charge in [-0.1, -0.05) is 12.1 Å². The zero-order valence-corrected chi connectivity index (χ0v) is 11.2. The number of carbonyl (C=O) groups excluding carboxylic acids is 3. The van der Waals surface area contributed by atoms with E-state index in [1.807, 2.05) is 0 Å². The number of piperidine rings is 1. The molecular weight excluding hydrogens is 274 g/mol.